The summed E-state index contributed by atoms with van der Waals surface area (Å²) in [6, 6.07) is 8.31. The van der Waals surface area contributed by atoms with Gasteiger partial charge in [0.15, 0.2) is 5.82 Å². The molecule has 8 nitrogen and oxygen atoms in total. The molecular formula is C22H25N7O. The van der Waals surface area contributed by atoms with Gasteiger partial charge in [-0.15, -0.1) is 0 Å². The summed E-state index contributed by atoms with van der Waals surface area (Å²) in [5.41, 5.74) is 6.18. The number of pyridine rings is 1. The Balaban J connectivity index is 1.38. The van der Waals surface area contributed by atoms with Crippen LogP contribution in [-0.4, -0.2) is 56.2 Å². The van der Waals surface area contributed by atoms with Gasteiger partial charge in [-0.25, -0.2) is 4.98 Å². The van der Waals surface area contributed by atoms with E-state index in [0.29, 0.717) is 18.1 Å². The van der Waals surface area contributed by atoms with Crippen LogP contribution in [0.15, 0.2) is 35.0 Å². The Morgan fingerprint density at radius 2 is 1.97 bits per heavy atom. The quantitative estimate of drug-likeness (QED) is 0.529. The largest absolute Gasteiger partial charge is 0.342 e. The van der Waals surface area contributed by atoms with Crippen LogP contribution in [-0.2, 0) is 13.0 Å². The molecule has 5 rings (SSSR count). The maximum atomic E-state index is 5.34. The minimum absolute atomic E-state index is 0.527. The first-order valence-corrected chi connectivity index (χ1v) is 10.3. The van der Waals surface area contributed by atoms with Crippen molar-refractivity contribution in [1.82, 2.24) is 35.3 Å². The lowest BCUT2D eigenvalue weighted by Gasteiger charge is -2.27. The van der Waals surface area contributed by atoms with E-state index in [9.17, 15) is 0 Å². The first-order valence-electron chi connectivity index (χ1n) is 10.3. The molecular weight excluding hydrogens is 378 g/mol. The first-order chi connectivity index (χ1) is 14.7. The van der Waals surface area contributed by atoms with Gasteiger partial charge in [0.25, 0.3) is 5.89 Å². The molecule has 154 valence electrons. The fourth-order valence-corrected chi connectivity index (χ4v) is 4.01. The van der Waals surface area contributed by atoms with Crippen LogP contribution in [0.1, 0.15) is 28.5 Å². The van der Waals surface area contributed by atoms with E-state index >= 15 is 0 Å². The highest BCUT2D eigenvalue weighted by Crippen LogP contribution is 2.28. The summed E-state index contributed by atoms with van der Waals surface area (Å²) in [5.74, 6) is 2.05. The maximum Gasteiger partial charge on any atom is 0.258 e. The predicted molar refractivity (Wildman–Crippen MR) is 114 cm³/mol. The van der Waals surface area contributed by atoms with Crippen molar-refractivity contribution in [2.75, 3.05) is 26.2 Å². The van der Waals surface area contributed by atoms with E-state index in [1.54, 1.807) is 0 Å². The monoisotopic (exact) mass is 403 g/mol. The summed E-state index contributed by atoms with van der Waals surface area (Å²) in [4.78, 5) is 19.7. The number of H-pyrrole nitrogens is 1. The average Bonchev–Trinajstić information content (AvgIpc) is 3.36. The van der Waals surface area contributed by atoms with Gasteiger partial charge in [-0.05, 0) is 49.2 Å². The Bertz CT molecular complexity index is 1170. The van der Waals surface area contributed by atoms with Gasteiger partial charge in [0.2, 0.25) is 0 Å². The molecule has 0 saturated carbocycles. The van der Waals surface area contributed by atoms with Gasteiger partial charge in [-0.3, -0.25) is 9.88 Å². The number of piperazine rings is 1. The van der Waals surface area contributed by atoms with Crippen molar-refractivity contribution in [3.63, 3.8) is 0 Å². The summed E-state index contributed by atoms with van der Waals surface area (Å²) in [6.45, 7) is 9.10. The van der Waals surface area contributed by atoms with E-state index in [0.717, 1.165) is 66.4 Å². The number of fused-ring (bicyclic) bond motifs is 1. The maximum absolute atomic E-state index is 5.34. The summed E-state index contributed by atoms with van der Waals surface area (Å²) in [6.07, 6.45) is 2.56. The number of nitrogens with zero attached hydrogens (tertiary/aromatic N) is 5. The second kappa shape index (κ2) is 7.97. The predicted octanol–water partition coefficient (Wildman–Crippen LogP) is 2.62. The van der Waals surface area contributed by atoms with Crippen LogP contribution in [0.25, 0.3) is 22.5 Å². The zero-order valence-electron chi connectivity index (χ0n) is 17.3. The van der Waals surface area contributed by atoms with Gasteiger partial charge in [-0.2, -0.15) is 4.98 Å². The second-order valence-corrected chi connectivity index (χ2v) is 7.82. The van der Waals surface area contributed by atoms with E-state index in [-0.39, 0.29) is 0 Å². The van der Waals surface area contributed by atoms with Gasteiger partial charge in [0.05, 0.1) is 11.0 Å². The van der Waals surface area contributed by atoms with Crippen molar-refractivity contribution in [3.05, 3.63) is 58.9 Å². The van der Waals surface area contributed by atoms with Crippen molar-refractivity contribution in [1.29, 1.82) is 0 Å². The molecule has 0 unspecified atom stereocenters. The lowest BCUT2D eigenvalue weighted by molar-refractivity contribution is 0.233. The number of rotatable bonds is 5. The molecule has 1 aliphatic rings. The number of aromatic nitrogens is 5. The van der Waals surface area contributed by atoms with E-state index in [2.05, 4.69) is 42.5 Å². The highest BCUT2D eigenvalue weighted by Gasteiger charge is 2.15. The van der Waals surface area contributed by atoms with Crippen LogP contribution in [0.5, 0.6) is 0 Å². The van der Waals surface area contributed by atoms with Gasteiger partial charge in [-0.1, -0.05) is 5.16 Å². The normalized spacial score (nSPS) is 15.1. The molecule has 0 spiro atoms. The Morgan fingerprint density at radius 1 is 1.10 bits per heavy atom. The molecule has 1 aromatic carbocycles. The van der Waals surface area contributed by atoms with Gasteiger partial charge < -0.3 is 14.8 Å². The molecule has 2 N–H and O–H groups in total. The average molecular weight is 403 g/mol. The third-order valence-corrected chi connectivity index (χ3v) is 5.56. The molecule has 0 atom stereocenters. The van der Waals surface area contributed by atoms with Crippen molar-refractivity contribution >= 4 is 11.0 Å². The summed E-state index contributed by atoms with van der Waals surface area (Å²) >= 11 is 0. The van der Waals surface area contributed by atoms with Crippen LogP contribution in [0.3, 0.4) is 0 Å². The lowest BCUT2D eigenvalue weighted by Crippen LogP contribution is -2.42. The third kappa shape index (κ3) is 3.83. The van der Waals surface area contributed by atoms with Crippen molar-refractivity contribution in [2.45, 2.75) is 26.8 Å². The number of aromatic amines is 1. The molecule has 1 fully saturated rings. The summed E-state index contributed by atoms with van der Waals surface area (Å²) in [5, 5.41) is 7.29. The van der Waals surface area contributed by atoms with Crippen molar-refractivity contribution in [2.24, 2.45) is 0 Å². The lowest BCUT2D eigenvalue weighted by atomic mass is 10.1. The molecule has 4 aromatic rings. The molecule has 1 aliphatic heterocycles. The standard InChI is InChI=1S/C22H25N7O/c1-14-18(22-25-15(2)28-30-22)3-4-19-21(14)27-20(26-19)12-17-11-16(5-6-24-17)13-29-9-7-23-8-10-29/h3-6,11,23H,7-10,12-13H2,1-2H3,(H,26,27). The van der Waals surface area contributed by atoms with Crippen LogP contribution in [0, 0.1) is 13.8 Å². The zero-order valence-corrected chi connectivity index (χ0v) is 17.3. The number of benzene rings is 1. The van der Waals surface area contributed by atoms with E-state index in [4.69, 9.17) is 9.51 Å². The minimum atomic E-state index is 0.527. The Morgan fingerprint density at radius 3 is 2.77 bits per heavy atom. The number of nitrogens with one attached hydrogen (secondary N) is 2. The summed E-state index contributed by atoms with van der Waals surface area (Å²) in [7, 11) is 0. The zero-order chi connectivity index (χ0) is 20.5. The van der Waals surface area contributed by atoms with Crippen LogP contribution >= 0.6 is 0 Å². The molecule has 3 aromatic heterocycles. The van der Waals surface area contributed by atoms with E-state index in [1.807, 2.05) is 32.2 Å². The van der Waals surface area contributed by atoms with Crippen LogP contribution in [0.2, 0.25) is 0 Å². The molecule has 30 heavy (non-hydrogen) atoms. The molecule has 1 saturated heterocycles. The van der Waals surface area contributed by atoms with Gasteiger partial charge in [0, 0.05) is 56.6 Å². The highest BCUT2D eigenvalue weighted by atomic mass is 16.5. The fraction of sp³-hybridized carbons (Fsp3) is 0.364. The van der Waals surface area contributed by atoms with Crippen molar-refractivity contribution in [3.8, 4) is 11.5 Å². The number of hydrogen-bond acceptors (Lipinski definition) is 7. The number of imidazole rings is 1. The van der Waals surface area contributed by atoms with E-state index in [1.165, 1.54) is 5.56 Å². The molecule has 8 heteroatoms. The van der Waals surface area contributed by atoms with Crippen LogP contribution < -0.4 is 5.32 Å². The third-order valence-electron chi connectivity index (χ3n) is 5.56. The first kappa shape index (κ1) is 18.9. The van der Waals surface area contributed by atoms with Gasteiger partial charge in [0.1, 0.15) is 5.82 Å². The smallest absolute Gasteiger partial charge is 0.258 e. The Kier molecular flexibility index (Phi) is 5.02. The molecule has 0 bridgehead atoms. The minimum Gasteiger partial charge on any atom is -0.342 e. The number of hydrogen-bond donors (Lipinski definition) is 2. The molecule has 0 radical (unpaired) electrons. The molecule has 4 heterocycles. The second-order valence-electron chi connectivity index (χ2n) is 7.82. The highest BCUT2D eigenvalue weighted by molar-refractivity contribution is 5.85. The fourth-order valence-electron chi connectivity index (χ4n) is 4.01. The van der Waals surface area contributed by atoms with E-state index < -0.39 is 0 Å². The number of aryl methyl sites for hydroxylation is 2. The SMILES string of the molecule is Cc1noc(-c2ccc3[nH]c(Cc4cc(CN5CCNCC5)ccn4)nc3c2C)n1. The Labute approximate surface area is 174 Å². The molecule has 0 aliphatic carbocycles. The van der Waals surface area contributed by atoms with Crippen molar-refractivity contribution < 1.29 is 4.52 Å². The van der Waals surface area contributed by atoms with Crippen LogP contribution in [0.4, 0.5) is 0 Å². The topological polar surface area (TPSA) is 95.8 Å². The Hall–Kier alpha value is -3.10. The van der Waals surface area contributed by atoms with Gasteiger partial charge >= 0.3 is 0 Å². The molecule has 0 amide bonds. The summed E-state index contributed by atoms with van der Waals surface area (Å²) < 4.78 is 5.34.